The van der Waals surface area contributed by atoms with Crippen LogP contribution < -0.4 is 9.62 Å². The zero-order chi connectivity index (χ0) is 20.2. The highest BCUT2D eigenvalue weighted by atomic mass is 32.2. The Morgan fingerprint density at radius 3 is 2.70 bits per heavy atom. The number of amides is 1. The Bertz CT molecular complexity index is 960. The Hall–Kier alpha value is -2.25. The molecule has 0 spiro atoms. The average molecular weight is 432 g/mol. The van der Waals surface area contributed by atoms with Gasteiger partial charge in [-0.2, -0.15) is 0 Å². The molecule has 0 fully saturated rings. The molecule has 0 saturated carbocycles. The molecular weight excluding hydrogens is 414 g/mol. The van der Waals surface area contributed by atoms with Crippen molar-refractivity contribution >= 4 is 55.5 Å². The van der Waals surface area contributed by atoms with Crippen LogP contribution in [0.15, 0.2) is 22.5 Å². The number of carbonyl (C=O) groups excluding carboxylic acids is 1. The number of hydrogen-bond acceptors (Lipinski definition) is 9. The summed E-state index contributed by atoms with van der Waals surface area (Å²) in [4.78, 5) is 22.7. The molecule has 1 heterocycles. The number of sulfonamides is 1. The van der Waals surface area contributed by atoms with Crippen molar-refractivity contribution in [3.05, 3.63) is 33.9 Å². The monoisotopic (exact) mass is 431 g/mol. The highest BCUT2D eigenvalue weighted by Gasteiger charge is 2.25. The largest absolute Gasteiger partial charge is 0.299 e. The summed E-state index contributed by atoms with van der Waals surface area (Å²) >= 11 is 2.65. The maximum absolute atomic E-state index is 12.3. The molecule has 0 aliphatic carbocycles. The number of nitrogens with one attached hydrogen (secondary N) is 1. The van der Waals surface area contributed by atoms with Crippen molar-refractivity contribution in [2.75, 3.05) is 28.2 Å². The predicted octanol–water partition coefficient (Wildman–Crippen LogP) is 2.27. The molecule has 1 amide bonds. The van der Waals surface area contributed by atoms with Crippen LogP contribution in [0.25, 0.3) is 0 Å². The highest BCUT2D eigenvalue weighted by Crippen LogP contribution is 2.28. The standard InChI is InChI=1S/C14H17N5O5S3/c1-4-25-14-17-16-13(26-14)15-12(20)8-18(27(3,23)24)11-7-10(19(21)22)6-5-9(11)2/h5-7H,4,8H2,1-3H3,(H,15,16,20). The van der Waals surface area contributed by atoms with Gasteiger partial charge in [-0.3, -0.25) is 24.5 Å². The lowest BCUT2D eigenvalue weighted by atomic mass is 10.2. The van der Waals surface area contributed by atoms with Gasteiger partial charge in [0.25, 0.3) is 5.69 Å². The van der Waals surface area contributed by atoms with Gasteiger partial charge in [0.15, 0.2) is 4.34 Å². The quantitative estimate of drug-likeness (QED) is 0.291. The van der Waals surface area contributed by atoms with E-state index in [1.54, 1.807) is 6.92 Å². The van der Waals surface area contributed by atoms with Gasteiger partial charge in [0, 0.05) is 12.1 Å². The number of aromatic nitrogens is 2. The number of carbonyl (C=O) groups is 1. The number of benzene rings is 1. The van der Waals surface area contributed by atoms with Crippen molar-refractivity contribution < 1.29 is 18.1 Å². The normalized spacial score (nSPS) is 11.2. The Morgan fingerprint density at radius 2 is 2.11 bits per heavy atom. The molecular formula is C14H17N5O5S3. The van der Waals surface area contributed by atoms with Crippen molar-refractivity contribution in [3.8, 4) is 0 Å². The van der Waals surface area contributed by atoms with Crippen LogP contribution in [0.3, 0.4) is 0 Å². The first-order valence-corrected chi connectivity index (χ1v) is 11.3. The van der Waals surface area contributed by atoms with E-state index >= 15 is 0 Å². The molecule has 0 unspecified atom stereocenters. The maximum atomic E-state index is 12.3. The molecule has 2 aromatic rings. The van der Waals surface area contributed by atoms with E-state index in [9.17, 15) is 23.3 Å². The summed E-state index contributed by atoms with van der Waals surface area (Å²) in [5.41, 5.74) is 0.285. The van der Waals surface area contributed by atoms with Gasteiger partial charge in [0.05, 0.1) is 16.9 Å². The summed E-state index contributed by atoms with van der Waals surface area (Å²) in [5.74, 6) is 0.173. The second-order valence-electron chi connectivity index (χ2n) is 5.35. The van der Waals surface area contributed by atoms with Gasteiger partial charge >= 0.3 is 0 Å². The Labute approximate surface area is 164 Å². The zero-order valence-electron chi connectivity index (χ0n) is 14.7. The van der Waals surface area contributed by atoms with E-state index in [4.69, 9.17) is 0 Å². The van der Waals surface area contributed by atoms with Gasteiger partial charge in [-0.05, 0) is 18.2 Å². The van der Waals surface area contributed by atoms with E-state index in [2.05, 4.69) is 15.5 Å². The maximum Gasteiger partial charge on any atom is 0.271 e. The van der Waals surface area contributed by atoms with Gasteiger partial charge in [-0.25, -0.2) is 8.42 Å². The van der Waals surface area contributed by atoms with E-state index in [0.29, 0.717) is 9.90 Å². The number of nitro groups is 1. The second-order valence-corrected chi connectivity index (χ2v) is 9.75. The van der Waals surface area contributed by atoms with Crippen molar-refractivity contribution in [2.24, 2.45) is 0 Å². The molecule has 0 atom stereocenters. The molecule has 0 aliphatic heterocycles. The summed E-state index contributed by atoms with van der Waals surface area (Å²) in [6.45, 7) is 3.01. The number of rotatable bonds is 8. The van der Waals surface area contributed by atoms with Gasteiger partial charge in [0.1, 0.15) is 6.54 Å². The van der Waals surface area contributed by atoms with Crippen LogP contribution in [0.2, 0.25) is 0 Å². The van der Waals surface area contributed by atoms with Gasteiger partial charge in [0.2, 0.25) is 21.1 Å². The Balaban J connectivity index is 2.26. The number of nitrogens with zero attached hydrogens (tertiary/aromatic N) is 4. The molecule has 27 heavy (non-hydrogen) atoms. The molecule has 2 rings (SSSR count). The van der Waals surface area contributed by atoms with Crippen molar-refractivity contribution in [3.63, 3.8) is 0 Å². The van der Waals surface area contributed by atoms with Gasteiger partial charge in [-0.1, -0.05) is 36.1 Å². The minimum Gasteiger partial charge on any atom is -0.299 e. The summed E-state index contributed by atoms with van der Waals surface area (Å²) in [6.07, 6.45) is 0.930. The van der Waals surface area contributed by atoms with E-state index in [-0.39, 0.29) is 16.5 Å². The fourth-order valence-electron chi connectivity index (χ4n) is 2.09. The van der Waals surface area contributed by atoms with Crippen LogP contribution in [0.1, 0.15) is 12.5 Å². The number of thioether (sulfide) groups is 1. The minimum atomic E-state index is -3.86. The molecule has 0 radical (unpaired) electrons. The van der Waals surface area contributed by atoms with Crippen LogP contribution in [-0.4, -0.2) is 48.0 Å². The summed E-state index contributed by atoms with van der Waals surface area (Å²) in [6, 6.07) is 3.83. The number of anilines is 2. The number of aryl methyl sites for hydroxylation is 1. The molecule has 146 valence electrons. The molecule has 10 nitrogen and oxygen atoms in total. The smallest absolute Gasteiger partial charge is 0.271 e. The fourth-order valence-corrected chi connectivity index (χ4v) is 4.66. The first kappa shape index (κ1) is 21.1. The first-order chi connectivity index (χ1) is 12.6. The third kappa shape index (κ3) is 5.61. The lowest BCUT2D eigenvalue weighted by molar-refractivity contribution is -0.384. The van der Waals surface area contributed by atoms with Crippen LogP contribution in [0, 0.1) is 17.0 Å². The third-order valence-electron chi connectivity index (χ3n) is 3.28. The first-order valence-electron chi connectivity index (χ1n) is 7.60. The van der Waals surface area contributed by atoms with Crippen LogP contribution in [-0.2, 0) is 14.8 Å². The van der Waals surface area contributed by atoms with E-state index in [1.165, 1.54) is 35.2 Å². The third-order valence-corrected chi connectivity index (χ3v) is 6.26. The molecule has 0 saturated heterocycles. The lowest BCUT2D eigenvalue weighted by Gasteiger charge is -2.23. The molecule has 13 heteroatoms. The summed E-state index contributed by atoms with van der Waals surface area (Å²) in [5, 5.41) is 21.5. The molecule has 1 aromatic carbocycles. The number of non-ortho nitro benzene ring substituents is 1. The van der Waals surface area contributed by atoms with Crippen LogP contribution in [0.4, 0.5) is 16.5 Å². The van der Waals surface area contributed by atoms with Crippen molar-refractivity contribution in [2.45, 2.75) is 18.2 Å². The minimum absolute atomic E-state index is 0.0707. The van der Waals surface area contributed by atoms with Crippen LogP contribution >= 0.6 is 23.1 Å². The molecule has 1 N–H and O–H groups in total. The number of hydrogen-bond donors (Lipinski definition) is 1. The Morgan fingerprint density at radius 1 is 1.41 bits per heavy atom. The fraction of sp³-hybridized carbons (Fsp3) is 0.357. The second kappa shape index (κ2) is 8.63. The van der Waals surface area contributed by atoms with Crippen LogP contribution in [0.5, 0.6) is 0 Å². The van der Waals surface area contributed by atoms with Gasteiger partial charge < -0.3 is 0 Å². The summed E-state index contributed by atoms with van der Waals surface area (Å²) < 4.78 is 25.9. The summed E-state index contributed by atoms with van der Waals surface area (Å²) in [7, 11) is -3.86. The zero-order valence-corrected chi connectivity index (χ0v) is 17.2. The van der Waals surface area contributed by atoms with E-state index < -0.39 is 27.4 Å². The number of nitro benzene ring substituents is 1. The molecule has 0 aliphatic rings. The SMILES string of the molecule is CCSc1nnc(NC(=O)CN(c2cc([N+](=O)[O-])ccc2C)S(C)(=O)=O)s1. The topological polar surface area (TPSA) is 135 Å². The predicted molar refractivity (Wildman–Crippen MR) is 105 cm³/mol. The van der Waals surface area contributed by atoms with Crippen molar-refractivity contribution in [1.82, 2.24) is 10.2 Å². The molecule has 1 aromatic heterocycles. The Kier molecular flexibility index (Phi) is 6.73. The van der Waals surface area contributed by atoms with Crippen molar-refractivity contribution in [1.29, 1.82) is 0 Å². The van der Waals surface area contributed by atoms with E-state index in [1.807, 2.05) is 6.92 Å². The lowest BCUT2D eigenvalue weighted by Crippen LogP contribution is -2.37. The van der Waals surface area contributed by atoms with E-state index in [0.717, 1.165) is 22.4 Å². The average Bonchev–Trinajstić information content (AvgIpc) is 2.99. The highest BCUT2D eigenvalue weighted by molar-refractivity contribution is 8.01. The van der Waals surface area contributed by atoms with Gasteiger partial charge in [-0.15, -0.1) is 10.2 Å². The molecule has 0 bridgehead atoms.